The van der Waals surface area contributed by atoms with Gasteiger partial charge in [0.15, 0.2) is 23.0 Å². The molecule has 8 heteroatoms. The van der Waals surface area contributed by atoms with Gasteiger partial charge in [0.2, 0.25) is 0 Å². The maximum Gasteiger partial charge on any atom is 0.169 e. The Morgan fingerprint density at radius 1 is 0.240 bits per heavy atom. The SMILES string of the molecule is Nc1cccc(Oc2ccc(Oc3ccccc3Oc3cccc(Oc4ccccc4Oc4ccc(Oc5cccc(N)c5)cc4)c3)cc2)c1. The molecule has 0 bridgehead atoms. The molecule has 7 aromatic rings. The van der Waals surface area contributed by atoms with Crippen molar-refractivity contribution in [3.05, 3.63) is 170 Å². The Hall–Kier alpha value is -7.06. The van der Waals surface area contributed by atoms with Crippen molar-refractivity contribution in [2.24, 2.45) is 0 Å². The number of ether oxygens (including phenoxy) is 6. The van der Waals surface area contributed by atoms with E-state index in [4.69, 9.17) is 39.9 Å². The predicted octanol–water partition coefficient (Wildman–Crippen LogP) is 11.6. The average molecular weight is 661 g/mol. The molecule has 0 aliphatic heterocycles. The van der Waals surface area contributed by atoms with Crippen molar-refractivity contribution < 1.29 is 28.4 Å². The van der Waals surface area contributed by atoms with Crippen LogP contribution in [0.3, 0.4) is 0 Å². The molecule has 7 rings (SSSR count). The summed E-state index contributed by atoms with van der Waals surface area (Å²) >= 11 is 0. The van der Waals surface area contributed by atoms with Crippen LogP contribution in [0.1, 0.15) is 0 Å². The summed E-state index contributed by atoms with van der Waals surface area (Å²) < 4.78 is 36.7. The van der Waals surface area contributed by atoms with E-state index >= 15 is 0 Å². The van der Waals surface area contributed by atoms with Crippen LogP contribution in [0.2, 0.25) is 0 Å². The molecule has 0 heterocycles. The van der Waals surface area contributed by atoms with E-state index in [1.807, 2.05) is 152 Å². The molecule has 246 valence electrons. The Morgan fingerprint density at radius 2 is 0.520 bits per heavy atom. The summed E-state index contributed by atoms with van der Waals surface area (Å²) in [6.07, 6.45) is 0. The summed E-state index contributed by atoms with van der Waals surface area (Å²) in [7, 11) is 0. The Kier molecular flexibility index (Phi) is 9.33. The van der Waals surface area contributed by atoms with Crippen LogP contribution in [0.25, 0.3) is 0 Å². The van der Waals surface area contributed by atoms with Crippen molar-refractivity contribution in [1.82, 2.24) is 0 Å². The van der Waals surface area contributed by atoms with Gasteiger partial charge >= 0.3 is 0 Å². The van der Waals surface area contributed by atoms with Crippen molar-refractivity contribution in [2.75, 3.05) is 11.5 Å². The van der Waals surface area contributed by atoms with E-state index in [9.17, 15) is 0 Å². The summed E-state index contributed by atoms with van der Waals surface area (Å²) in [6, 6.07) is 51.5. The van der Waals surface area contributed by atoms with Gasteiger partial charge in [0, 0.05) is 29.6 Å². The zero-order chi connectivity index (χ0) is 34.1. The highest BCUT2D eigenvalue weighted by molar-refractivity contribution is 5.51. The first-order valence-electron chi connectivity index (χ1n) is 15.8. The molecule has 0 aliphatic rings. The highest BCUT2D eigenvalue weighted by Crippen LogP contribution is 2.39. The third-order valence-corrected chi connectivity index (χ3v) is 7.25. The molecule has 0 fully saturated rings. The molecule has 0 aromatic heterocycles. The molecule has 4 N–H and O–H groups in total. The Labute approximate surface area is 289 Å². The number of hydrogen-bond acceptors (Lipinski definition) is 8. The minimum atomic E-state index is 0.539. The molecule has 0 aliphatic carbocycles. The molecule has 7 aromatic carbocycles. The second-order valence-electron chi connectivity index (χ2n) is 11.1. The number of nitrogens with two attached hydrogens (primary N) is 2. The van der Waals surface area contributed by atoms with Gasteiger partial charge in [-0.3, -0.25) is 0 Å². The number of para-hydroxylation sites is 4. The summed E-state index contributed by atoms with van der Waals surface area (Å²) in [5.41, 5.74) is 13.0. The van der Waals surface area contributed by atoms with E-state index in [1.54, 1.807) is 18.2 Å². The maximum atomic E-state index is 6.27. The van der Waals surface area contributed by atoms with Crippen LogP contribution in [-0.4, -0.2) is 0 Å². The molecule has 0 radical (unpaired) electrons. The predicted molar refractivity (Wildman–Crippen MR) is 194 cm³/mol. The first-order chi connectivity index (χ1) is 24.5. The normalized spacial score (nSPS) is 10.6. The number of hydrogen-bond donors (Lipinski definition) is 2. The smallest absolute Gasteiger partial charge is 0.169 e. The van der Waals surface area contributed by atoms with E-state index in [2.05, 4.69) is 0 Å². The molecule has 0 atom stereocenters. The summed E-state index contributed by atoms with van der Waals surface area (Å²) in [5.74, 6) is 7.19. The van der Waals surface area contributed by atoms with E-state index in [1.165, 1.54) is 0 Å². The summed E-state index contributed by atoms with van der Waals surface area (Å²) in [4.78, 5) is 0. The lowest BCUT2D eigenvalue weighted by Crippen LogP contribution is -1.93. The minimum absolute atomic E-state index is 0.539. The minimum Gasteiger partial charge on any atom is -0.457 e. The molecule has 0 spiro atoms. The van der Waals surface area contributed by atoms with Crippen molar-refractivity contribution in [2.45, 2.75) is 0 Å². The van der Waals surface area contributed by atoms with Crippen LogP contribution in [-0.2, 0) is 0 Å². The molecular weight excluding hydrogens is 628 g/mol. The lowest BCUT2D eigenvalue weighted by molar-refractivity contribution is 0.407. The highest BCUT2D eigenvalue weighted by atomic mass is 16.5. The van der Waals surface area contributed by atoms with Gasteiger partial charge in [-0.2, -0.15) is 0 Å². The van der Waals surface area contributed by atoms with Gasteiger partial charge in [0.1, 0.15) is 46.0 Å². The number of benzene rings is 7. The number of nitrogen functional groups attached to an aromatic ring is 2. The zero-order valence-electron chi connectivity index (χ0n) is 26.8. The molecule has 0 saturated heterocycles. The zero-order valence-corrected chi connectivity index (χ0v) is 26.8. The Morgan fingerprint density at radius 3 is 0.860 bits per heavy atom. The molecule has 50 heavy (non-hydrogen) atoms. The number of anilines is 2. The van der Waals surface area contributed by atoms with Crippen LogP contribution in [0.15, 0.2) is 170 Å². The van der Waals surface area contributed by atoms with Crippen molar-refractivity contribution in [1.29, 1.82) is 0 Å². The Bertz CT molecular complexity index is 2050. The molecule has 0 amide bonds. The third-order valence-electron chi connectivity index (χ3n) is 7.25. The van der Waals surface area contributed by atoms with Crippen LogP contribution < -0.4 is 39.9 Å². The Balaban J connectivity index is 1.00. The van der Waals surface area contributed by atoms with Crippen molar-refractivity contribution >= 4 is 11.4 Å². The second-order valence-corrected chi connectivity index (χ2v) is 11.1. The first-order valence-corrected chi connectivity index (χ1v) is 15.8. The largest absolute Gasteiger partial charge is 0.457 e. The van der Waals surface area contributed by atoms with Crippen molar-refractivity contribution in [3.63, 3.8) is 0 Å². The van der Waals surface area contributed by atoms with E-state index in [-0.39, 0.29) is 0 Å². The van der Waals surface area contributed by atoms with Gasteiger partial charge in [0.05, 0.1) is 0 Å². The van der Waals surface area contributed by atoms with Crippen LogP contribution >= 0.6 is 0 Å². The summed E-state index contributed by atoms with van der Waals surface area (Å²) in [5, 5.41) is 0. The quantitative estimate of drug-likeness (QED) is 0.125. The van der Waals surface area contributed by atoms with Crippen LogP contribution in [0, 0.1) is 0 Å². The maximum absolute atomic E-state index is 6.27. The molecular formula is C42H32N2O6. The van der Waals surface area contributed by atoms with Crippen molar-refractivity contribution in [3.8, 4) is 69.0 Å². The first kappa shape index (κ1) is 31.5. The summed E-state index contributed by atoms with van der Waals surface area (Å²) in [6.45, 7) is 0. The monoisotopic (exact) mass is 660 g/mol. The van der Waals surface area contributed by atoms with Gasteiger partial charge in [0.25, 0.3) is 0 Å². The van der Waals surface area contributed by atoms with Gasteiger partial charge in [-0.05, 0) is 109 Å². The lowest BCUT2D eigenvalue weighted by Gasteiger charge is -2.15. The standard InChI is InChI=1S/C42H32N2O6/c43-29-8-5-10-35(26-29)45-31-18-22-33(23-19-31)47-39-14-1-3-16-41(39)49-37-12-7-13-38(28-37)50-42-17-4-2-15-40(42)48-34-24-20-32(21-25-34)46-36-11-6-9-30(44)27-36/h1-28H,43-44H2. The molecule has 8 nitrogen and oxygen atoms in total. The van der Waals surface area contributed by atoms with E-state index < -0.39 is 0 Å². The fourth-order valence-electron chi connectivity index (χ4n) is 4.93. The topological polar surface area (TPSA) is 107 Å². The third kappa shape index (κ3) is 8.26. The van der Waals surface area contributed by atoms with Crippen LogP contribution in [0.5, 0.6) is 69.0 Å². The van der Waals surface area contributed by atoms with Gasteiger partial charge in [-0.15, -0.1) is 0 Å². The van der Waals surface area contributed by atoms with Crippen LogP contribution in [0.4, 0.5) is 11.4 Å². The van der Waals surface area contributed by atoms with Gasteiger partial charge in [-0.25, -0.2) is 0 Å². The fourth-order valence-corrected chi connectivity index (χ4v) is 4.93. The number of rotatable bonds is 12. The van der Waals surface area contributed by atoms with E-state index in [0.29, 0.717) is 80.4 Å². The van der Waals surface area contributed by atoms with Gasteiger partial charge < -0.3 is 39.9 Å². The molecule has 0 saturated carbocycles. The van der Waals surface area contributed by atoms with Gasteiger partial charge in [-0.1, -0.05) is 42.5 Å². The van der Waals surface area contributed by atoms with E-state index in [0.717, 1.165) is 0 Å². The molecule has 0 unspecified atom stereocenters. The average Bonchev–Trinajstić information content (AvgIpc) is 3.12. The highest BCUT2D eigenvalue weighted by Gasteiger charge is 2.11. The second kappa shape index (κ2) is 14.8. The lowest BCUT2D eigenvalue weighted by atomic mass is 10.2. The fraction of sp³-hybridized carbons (Fsp3) is 0.